The average molecular weight is 307 g/mol. The van der Waals surface area contributed by atoms with Crippen LogP contribution in [0.3, 0.4) is 0 Å². The van der Waals surface area contributed by atoms with Crippen LogP contribution in [0, 0.1) is 11.8 Å². The Hall–Kier alpha value is -1.31. The first kappa shape index (κ1) is 15.1. The Bertz CT molecular complexity index is 610. The molecule has 2 aromatic rings. The molecule has 0 saturated carbocycles. The number of ether oxygens (including phenoxy) is 1. The van der Waals surface area contributed by atoms with Crippen molar-refractivity contribution >= 4 is 22.9 Å². The van der Waals surface area contributed by atoms with Crippen LogP contribution in [0.5, 0.6) is 0 Å². The number of aliphatic hydroxyl groups excluding tert-OH is 1. The molecule has 0 fully saturated rings. The van der Waals surface area contributed by atoms with E-state index in [4.69, 9.17) is 21.4 Å². The largest absolute Gasteiger partial charge is 0.395 e. The van der Waals surface area contributed by atoms with Crippen LogP contribution in [0.25, 0.3) is 0 Å². The van der Waals surface area contributed by atoms with Gasteiger partial charge in [-0.2, -0.15) is 0 Å². The predicted molar refractivity (Wildman–Crippen MR) is 82.8 cm³/mol. The van der Waals surface area contributed by atoms with Gasteiger partial charge in [-0.15, -0.1) is 11.3 Å². The van der Waals surface area contributed by atoms with E-state index in [0.29, 0.717) is 19.6 Å². The third-order valence-corrected chi connectivity index (χ3v) is 3.86. The third kappa shape index (κ3) is 4.66. The molecule has 20 heavy (non-hydrogen) atoms. The van der Waals surface area contributed by atoms with Crippen LogP contribution in [-0.2, 0) is 18.0 Å². The number of hydrogen-bond acceptors (Lipinski definition) is 3. The number of benzene rings is 1. The molecule has 0 aliphatic heterocycles. The molecule has 0 atom stereocenters. The van der Waals surface area contributed by atoms with Crippen LogP contribution in [0.1, 0.15) is 22.4 Å². The van der Waals surface area contributed by atoms with Gasteiger partial charge in [-0.1, -0.05) is 41.6 Å². The van der Waals surface area contributed by atoms with Crippen molar-refractivity contribution in [3.63, 3.8) is 0 Å². The minimum absolute atomic E-state index is 0.102. The Kier molecular flexibility index (Phi) is 6.10. The summed E-state index contributed by atoms with van der Waals surface area (Å²) in [4.78, 5) is 1.13. The number of aliphatic hydroxyl groups is 1. The first-order valence-corrected chi connectivity index (χ1v) is 7.53. The summed E-state index contributed by atoms with van der Waals surface area (Å²) < 4.78 is 5.66. The smallest absolute Gasteiger partial charge is 0.0814 e. The van der Waals surface area contributed by atoms with E-state index in [-0.39, 0.29) is 6.61 Å². The second-order valence-corrected chi connectivity index (χ2v) is 5.56. The SMILES string of the molecule is OCCC#Cc1csc(COCc2ccccc2Cl)c1. The van der Waals surface area contributed by atoms with Gasteiger partial charge < -0.3 is 9.84 Å². The van der Waals surface area contributed by atoms with Gasteiger partial charge in [0, 0.05) is 27.3 Å². The first-order chi connectivity index (χ1) is 9.79. The lowest BCUT2D eigenvalue weighted by atomic mass is 10.2. The highest BCUT2D eigenvalue weighted by atomic mass is 35.5. The van der Waals surface area contributed by atoms with Crippen LogP contribution in [0.4, 0.5) is 0 Å². The normalized spacial score (nSPS) is 10.1. The van der Waals surface area contributed by atoms with Gasteiger partial charge in [0.2, 0.25) is 0 Å². The Morgan fingerprint density at radius 1 is 1.25 bits per heavy atom. The van der Waals surface area contributed by atoms with E-state index in [1.165, 1.54) is 0 Å². The monoisotopic (exact) mass is 306 g/mol. The van der Waals surface area contributed by atoms with Gasteiger partial charge in [0.25, 0.3) is 0 Å². The molecule has 0 saturated heterocycles. The fourth-order valence-electron chi connectivity index (χ4n) is 1.62. The van der Waals surface area contributed by atoms with Crippen molar-refractivity contribution in [1.29, 1.82) is 0 Å². The molecule has 0 spiro atoms. The van der Waals surface area contributed by atoms with Crippen LogP contribution in [-0.4, -0.2) is 11.7 Å². The van der Waals surface area contributed by atoms with E-state index in [1.807, 2.05) is 35.7 Å². The second-order valence-electron chi connectivity index (χ2n) is 4.16. The summed E-state index contributed by atoms with van der Waals surface area (Å²) in [7, 11) is 0. The minimum Gasteiger partial charge on any atom is -0.395 e. The van der Waals surface area contributed by atoms with Crippen LogP contribution >= 0.6 is 22.9 Å². The van der Waals surface area contributed by atoms with Crippen molar-refractivity contribution in [1.82, 2.24) is 0 Å². The highest BCUT2D eigenvalue weighted by Crippen LogP contribution is 2.18. The van der Waals surface area contributed by atoms with E-state index < -0.39 is 0 Å². The second kappa shape index (κ2) is 8.08. The molecule has 0 unspecified atom stereocenters. The van der Waals surface area contributed by atoms with Crippen LogP contribution in [0.15, 0.2) is 35.7 Å². The van der Waals surface area contributed by atoms with Gasteiger partial charge in [0.05, 0.1) is 19.8 Å². The summed E-state index contributed by atoms with van der Waals surface area (Å²) in [6.45, 7) is 1.16. The maximum absolute atomic E-state index is 8.67. The maximum atomic E-state index is 8.67. The minimum atomic E-state index is 0.102. The van der Waals surface area contributed by atoms with E-state index in [0.717, 1.165) is 21.0 Å². The van der Waals surface area contributed by atoms with E-state index in [9.17, 15) is 0 Å². The van der Waals surface area contributed by atoms with Crippen molar-refractivity contribution in [2.45, 2.75) is 19.6 Å². The number of hydrogen-bond donors (Lipinski definition) is 1. The van der Waals surface area contributed by atoms with E-state index >= 15 is 0 Å². The lowest BCUT2D eigenvalue weighted by Gasteiger charge is -2.04. The number of thiophene rings is 1. The van der Waals surface area contributed by atoms with Crippen LogP contribution < -0.4 is 0 Å². The Labute approximate surface area is 128 Å². The van der Waals surface area contributed by atoms with Crippen molar-refractivity contribution in [2.75, 3.05) is 6.61 Å². The maximum Gasteiger partial charge on any atom is 0.0814 e. The summed E-state index contributed by atoms with van der Waals surface area (Å²) in [5.74, 6) is 5.91. The summed E-state index contributed by atoms with van der Waals surface area (Å²) >= 11 is 7.69. The number of rotatable bonds is 5. The van der Waals surface area contributed by atoms with Crippen molar-refractivity contribution in [3.05, 3.63) is 56.7 Å². The molecule has 0 amide bonds. The summed E-state index contributed by atoms with van der Waals surface area (Å²) in [6, 6.07) is 9.69. The Balaban J connectivity index is 1.83. The molecule has 1 heterocycles. The lowest BCUT2D eigenvalue weighted by molar-refractivity contribution is 0.109. The average Bonchev–Trinajstić information content (AvgIpc) is 2.89. The molecule has 0 aliphatic carbocycles. The van der Waals surface area contributed by atoms with Gasteiger partial charge in [0.1, 0.15) is 0 Å². The Morgan fingerprint density at radius 3 is 2.90 bits per heavy atom. The lowest BCUT2D eigenvalue weighted by Crippen LogP contribution is -1.93. The standard InChI is InChI=1S/C16H15ClO2S/c17-16-7-2-1-6-14(16)10-19-11-15-9-13(12-20-15)5-3-4-8-18/h1-2,6-7,9,12,18H,4,8,10-11H2. The van der Waals surface area contributed by atoms with Gasteiger partial charge in [-0.05, 0) is 17.7 Å². The highest BCUT2D eigenvalue weighted by Gasteiger charge is 2.01. The van der Waals surface area contributed by atoms with Crippen molar-refractivity contribution in [2.24, 2.45) is 0 Å². The zero-order valence-electron chi connectivity index (χ0n) is 10.9. The molecule has 2 rings (SSSR count). The molecule has 2 nitrogen and oxygen atoms in total. The summed E-state index contributed by atoms with van der Waals surface area (Å²) in [5.41, 5.74) is 1.97. The molecule has 1 aromatic heterocycles. The van der Waals surface area contributed by atoms with Gasteiger partial charge >= 0.3 is 0 Å². The van der Waals surface area contributed by atoms with E-state index in [2.05, 4.69) is 11.8 Å². The molecule has 1 N–H and O–H groups in total. The molecule has 0 aliphatic rings. The molecule has 0 radical (unpaired) electrons. The zero-order chi connectivity index (χ0) is 14.2. The van der Waals surface area contributed by atoms with Crippen molar-refractivity contribution < 1.29 is 9.84 Å². The van der Waals surface area contributed by atoms with Crippen molar-refractivity contribution in [3.8, 4) is 11.8 Å². The first-order valence-electron chi connectivity index (χ1n) is 6.28. The molecule has 4 heteroatoms. The summed E-state index contributed by atoms with van der Waals surface area (Å²) in [6.07, 6.45) is 0.508. The molecular formula is C16H15ClO2S. The molecule has 0 bridgehead atoms. The fourth-order valence-corrected chi connectivity index (χ4v) is 2.56. The topological polar surface area (TPSA) is 29.5 Å². The summed E-state index contributed by atoms with van der Waals surface area (Å²) in [5, 5.41) is 11.4. The number of halogens is 1. The Morgan fingerprint density at radius 2 is 2.10 bits per heavy atom. The fraction of sp³-hybridized carbons (Fsp3) is 0.250. The zero-order valence-corrected chi connectivity index (χ0v) is 12.5. The van der Waals surface area contributed by atoms with Gasteiger partial charge in [-0.3, -0.25) is 0 Å². The quantitative estimate of drug-likeness (QED) is 0.850. The highest BCUT2D eigenvalue weighted by molar-refractivity contribution is 7.10. The predicted octanol–water partition coefficient (Wildman–Crippen LogP) is 3.85. The van der Waals surface area contributed by atoms with Gasteiger partial charge in [0.15, 0.2) is 0 Å². The third-order valence-electron chi connectivity index (χ3n) is 2.58. The van der Waals surface area contributed by atoms with Crippen LogP contribution in [0.2, 0.25) is 5.02 Å². The van der Waals surface area contributed by atoms with E-state index in [1.54, 1.807) is 11.3 Å². The molecule has 1 aromatic carbocycles. The molecule has 104 valence electrons. The molecular weight excluding hydrogens is 292 g/mol. The van der Waals surface area contributed by atoms with Gasteiger partial charge in [-0.25, -0.2) is 0 Å².